The Morgan fingerprint density at radius 2 is 1.94 bits per heavy atom. The van der Waals surface area contributed by atoms with Crippen LogP contribution in [0.3, 0.4) is 0 Å². The van der Waals surface area contributed by atoms with E-state index in [9.17, 15) is 9.59 Å². The molecule has 0 spiro atoms. The summed E-state index contributed by atoms with van der Waals surface area (Å²) in [5.41, 5.74) is 0.915. The minimum absolute atomic E-state index is 0.184. The van der Waals surface area contributed by atoms with Crippen molar-refractivity contribution < 1.29 is 14.7 Å². The van der Waals surface area contributed by atoms with Crippen LogP contribution in [0, 0.1) is 5.92 Å². The summed E-state index contributed by atoms with van der Waals surface area (Å²) in [6, 6.07) is 9.34. The van der Waals surface area contributed by atoms with E-state index in [0.717, 1.165) is 5.56 Å². The minimum atomic E-state index is -1.01. The first-order valence-electron chi connectivity index (χ1n) is 5.70. The Kier molecular flexibility index (Phi) is 5.71. The fourth-order valence-corrected chi connectivity index (χ4v) is 1.72. The lowest BCUT2D eigenvalue weighted by Crippen LogP contribution is -2.38. The first kappa shape index (κ1) is 14.6. The molecule has 0 aliphatic carbocycles. The average molecular weight is 267 g/mol. The summed E-state index contributed by atoms with van der Waals surface area (Å²) in [5, 5.41) is 8.85. The summed E-state index contributed by atoms with van der Waals surface area (Å²) < 4.78 is 0. The van der Waals surface area contributed by atoms with Gasteiger partial charge in [0.2, 0.25) is 5.91 Å². The number of benzene rings is 1. The molecule has 0 saturated carbocycles. The molecule has 18 heavy (non-hydrogen) atoms. The number of carboxylic acid groups (broad SMARTS) is 1. The number of hydrogen-bond acceptors (Lipinski definition) is 3. The van der Waals surface area contributed by atoms with Crippen LogP contribution in [0.2, 0.25) is 0 Å². The van der Waals surface area contributed by atoms with Gasteiger partial charge in [-0.05, 0) is 5.56 Å². The van der Waals surface area contributed by atoms with E-state index in [4.69, 9.17) is 5.11 Å². The highest BCUT2D eigenvalue weighted by molar-refractivity contribution is 7.80. The SMILES string of the molecule is CC(CS)C(=O)N(CC(=O)O)Cc1ccccc1. The van der Waals surface area contributed by atoms with Gasteiger partial charge in [0.05, 0.1) is 0 Å². The van der Waals surface area contributed by atoms with E-state index < -0.39 is 5.97 Å². The van der Waals surface area contributed by atoms with Gasteiger partial charge in [-0.15, -0.1) is 0 Å². The maximum atomic E-state index is 12.0. The summed E-state index contributed by atoms with van der Waals surface area (Å²) in [5.74, 6) is -1.07. The van der Waals surface area contributed by atoms with Gasteiger partial charge in [-0.1, -0.05) is 37.3 Å². The molecule has 0 aliphatic heterocycles. The van der Waals surface area contributed by atoms with Gasteiger partial charge in [0, 0.05) is 18.2 Å². The van der Waals surface area contributed by atoms with Crippen molar-refractivity contribution in [1.82, 2.24) is 4.90 Å². The highest BCUT2D eigenvalue weighted by Crippen LogP contribution is 2.10. The zero-order valence-corrected chi connectivity index (χ0v) is 11.1. The van der Waals surface area contributed by atoms with E-state index in [1.54, 1.807) is 6.92 Å². The molecule has 0 aromatic heterocycles. The Labute approximate surface area is 112 Å². The second-order valence-corrected chi connectivity index (χ2v) is 4.52. The molecule has 1 atom stereocenters. The van der Waals surface area contributed by atoms with Crippen LogP contribution in [0.1, 0.15) is 12.5 Å². The normalized spacial score (nSPS) is 11.9. The molecule has 0 saturated heterocycles. The van der Waals surface area contributed by atoms with E-state index in [-0.39, 0.29) is 18.4 Å². The zero-order valence-electron chi connectivity index (χ0n) is 10.2. The molecule has 0 heterocycles. The maximum Gasteiger partial charge on any atom is 0.323 e. The summed E-state index contributed by atoms with van der Waals surface area (Å²) in [7, 11) is 0. The Morgan fingerprint density at radius 3 is 2.44 bits per heavy atom. The van der Waals surface area contributed by atoms with Crippen LogP contribution in [0.15, 0.2) is 30.3 Å². The van der Waals surface area contributed by atoms with Crippen LogP contribution in [0.5, 0.6) is 0 Å². The van der Waals surface area contributed by atoms with Crippen molar-refractivity contribution in [3.63, 3.8) is 0 Å². The van der Waals surface area contributed by atoms with Crippen molar-refractivity contribution in [3.05, 3.63) is 35.9 Å². The molecule has 1 N–H and O–H groups in total. The number of thiol groups is 1. The number of carboxylic acids is 1. The molecule has 1 rings (SSSR count). The van der Waals surface area contributed by atoms with Gasteiger partial charge in [0.1, 0.15) is 6.54 Å². The van der Waals surface area contributed by atoms with Gasteiger partial charge >= 0.3 is 5.97 Å². The van der Waals surface area contributed by atoms with Crippen molar-refractivity contribution in [3.8, 4) is 0 Å². The van der Waals surface area contributed by atoms with Crippen LogP contribution in [-0.4, -0.2) is 34.2 Å². The van der Waals surface area contributed by atoms with Gasteiger partial charge in [-0.2, -0.15) is 12.6 Å². The lowest BCUT2D eigenvalue weighted by atomic mass is 10.1. The maximum absolute atomic E-state index is 12.0. The highest BCUT2D eigenvalue weighted by atomic mass is 32.1. The van der Waals surface area contributed by atoms with E-state index in [1.807, 2.05) is 30.3 Å². The predicted molar refractivity (Wildman–Crippen MR) is 72.5 cm³/mol. The second-order valence-electron chi connectivity index (χ2n) is 4.16. The van der Waals surface area contributed by atoms with E-state index >= 15 is 0 Å². The van der Waals surface area contributed by atoms with E-state index in [1.165, 1.54) is 4.90 Å². The molecule has 0 bridgehead atoms. The Bertz CT molecular complexity index is 408. The quantitative estimate of drug-likeness (QED) is 0.771. The van der Waals surface area contributed by atoms with Crippen molar-refractivity contribution in [2.45, 2.75) is 13.5 Å². The standard InChI is InChI=1S/C13H17NO3S/c1-10(9-18)13(17)14(8-12(15)16)7-11-5-3-2-4-6-11/h2-6,10,18H,7-9H2,1H3,(H,15,16). The Hall–Kier alpha value is -1.49. The fourth-order valence-electron chi connectivity index (χ4n) is 1.57. The molecule has 1 aromatic carbocycles. The van der Waals surface area contributed by atoms with Crippen molar-refractivity contribution in [2.75, 3.05) is 12.3 Å². The van der Waals surface area contributed by atoms with Crippen LogP contribution < -0.4 is 0 Å². The fraction of sp³-hybridized carbons (Fsp3) is 0.385. The molecular weight excluding hydrogens is 250 g/mol. The number of carbonyl (C=O) groups is 2. The molecule has 0 radical (unpaired) electrons. The summed E-state index contributed by atoms with van der Waals surface area (Å²) in [6.07, 6.45) is 0. The minimum Gasteiger partial charge on any atom is -0.480 e. The van der Waals surface area contributed by atoms with Crippen LogP contribution in [-0.2, 0) is 16.1 Å². The Balaban J connectivity index is 2.78. The number of carbonyl (C=O) groups excluding carboxylic acids is 1. The van der Waals surface area contributed by atoms with Crippen LogP contribution in [0.25, 0.3) is 0 Å². The summed E-state index contributed by atoms with van der Waals surface area (Å²) in [4.78, 5) is 24.2. The monoisotopic (exact) mass is 267 g/mol. The number of amides is 1. The van der Waals surface area contributed by atoms with Crippen molar-refractivity contribution in [1.29, 1.82) is 0 Å². The molecule has 1 amide bonds. The Morgan fingerprint density at radius 1 is 1.33 bits per heavy atom. The summed E-state index contributed by atoms with van der Waals surface area (Å²) in [6.45, 7) is 1.77. The molecule has 98 valence electrons. The molecule has 4 nitrogen and oxygen atoms in total. The van der Waals surface area contributed by atoms with Gasteiger partial charge in [0.15, 0.2) is 0 Å². The third kappa shape index (κ3) is 4.41. The predicted octanol–water partition coefficient (Wildman–Crippen LogP) is 1.67. The summed E-state index contributed by atoms with van der Waals surface area (Å²) >= 11 is 4.07. The molecule has 5 heteroatoms. The third-order valence-corrected chi connectivity index (χ3v) is 3.10. The number of hydrogen-bond donors (Lipinski definition) is 2. The average Bonchev–Trinajstić information content (AvgIpc) is 2.37. The van der Waals surface area contributed by atoms with Crippen molar-refractivity contribution in [2.24, 2.45) is 5.92 Å². The highest BCUT2D eigenvalue weighted by Gasteiger charge is 2.21. The first-order valence-corrected chi connectivity index (χ1v) is 6.33. The zero-order chi connectivity index (χ0) is 13.5. The van der Waals surface area contributed by atoms with Gasteiger partial charge in [0.25, 0.3) is 0 Å². The van der Waals surface area contributed by atoms with E-state index in [0.29, 0.717) is 12.3 Å². The van der Waals surface area contributed by atoms with Crippen LogP contribution in [0.4, 0.5) is 0 Å². The van der Waals surface area contributed by atoms with Gasteiger partial charge < -0.3 is 10.0 Å². The number of nitrogens with zero attached hydrogens (tertiary/aromatic N) is 1. The smallest absolute Gasteiger partial charge is 0.323 e. The van der Waals surface area contributed by atoms with Crippen LogP contribution >= 0.6 is 12.6 Å². The second kappa shape index (κ2) is 7.06. The largest absolute Gasteiger partial charge is 0.480 e. The number of aliphatic carboxylic acids is 1. The number of rotatable bonds is 6. The lowest BCUT2D eigenvalue weighted by molar-refractivity contribution is -0.146. The van der Waals surface area contributed by atoms with Crippen molar-refractivity contribution >= 4 is 24.5 Å². The molecular formula is C13H17NO3S. The van der Waals surface area contributed by atoms with E-state index in [2.05, 4.69) is 12.6 Å². The third-order valence-electron chi connectivity index (χ3n) is 2.55. The molecule has 0 fully saturated rings. The molecule has 1 unspecified atom stereocenters. The first-order chi connectivity index (χ1) is 8.54. The lowest BCUT2D eigenvalue weighted by Gasteiger charge is -2.23. The topological polar surface area (TPSA) is 57.6 Å². The molecule has 0 aliphatic rings. The van der Waals surface area contributed by atoms with Gasteiger partial charge in [-0.25, -0.2) is 0 Å². The van der Waals surface area contributed by atoms with Gasteiger partial charge in [-0.3, -0.25) is 9.59 Å². The molecule has 1 aromatic rings.